The van der Waals surface area contributed by atoms with E-state index in [0.717, 1.165) is 17.4 Å². The second-order valence-corrected chi connectivity index (χ2v) is 8.22. The van der Waals surface area contributed by atoms with Crippen LogP contribution < -0.4 is 9.94 Å². The Hall–Kier alpha value is -2.89. The summed E-state index contributed by atoms with van der Waals surface area (Å²) in [6.45, 7) is -0.250. The van der Waals surface area contributed by atoms with Crippen molar-refractivity contribution in [1.29, 1.82) is 0 Å². The van der Waals surface area contributed by atoms with Crippen LogP contribution in [0.2, 0.25) is 0 Å². The summed E-state index contributed by atoms with van der Waals surface area (Å²) in [6, 6.07) is 9.10. The molecule has 2 aromatic carbocycles. The molecule has 0 spiro atoms. The smallest absolute Gasteiger partial charge is 0.325 e. The number of nitrogens with zero attached hydrogens (tertiary/aromatic N) is 2. The van der Waals surface area contributed by atoms with Crippen molar-refractivity contribution >= 4 is 43.5 Å². The van der Waals surface area contributed by atoms with E-state index in [2.05, 4.69) is 9.73 Å². The number of halogens is 1. The van der Waals surface area contributed by atoms with Crippen molar-refractivity contribution in [2.45, 2.75) is 11.4 Å². The minimum atomic E-state index is -3.93. The zero-order chi connectivity index (χ0) is 20.5. The van der Waals surface area contributed by atoms with E-state index in [1.807, 2.05) is 0 Å². The molecule has 0 bridgehead atoms. The van der Waals surface area contributed by atoms with E-state index in [-0.39, 0.29) is 21.8 Å². The van der Waals surface area contributed by atoms with Crippen molar-refractivity contribution in [2.75, 3.05) is 7.11 Å². The molecule has 8 nitrogen and oxygen atoms in total. The third-order valence-corrected chi connectivity index (χ3v) is 5.72. The number of hydrogen-bond donors (Lipinski definition) is 1. The number of aromatic nitrogens is 1. The molecule has 0 aliphatic rings. The number of rotatable bonds is 4. The largest absolute Gasteiger partial charge is 0.468 e. The van der Waals surface area contributed by atoms with Crippen LogP contribution in [0.4, 0.5) is 4.39 Å². The molecule has 146 valence electrons. The first kappa shape index (κ1) is 19.9. The maximum absolute atomic E-state index is 13.4. The fraction of sp³-hybridized carbons (Fsp3) is 0.118. The minimum Gasteiger partial charge on any atom is -0.468 e. The third kappa shape index (κ3) is 4.16. The SMILES string of the molecule is COC(=O)Cn1c(=NC(=O)c2cccc(F)c2)sc2cc(S(N)(=O)=O)ccc21. The van der Waals surface area contributed by atoms with Crippen LogP contribution in [0.3, 0.4) is 0 Å². The molecule has 3 rings (SSSR count). The molecule has 0 aliphatic carbocycles. The van der Waals surface area contributed by atoms with E-state index in [9.17, 15) is 22.4 Å². The number of primary sulfonamides is 1. The summed E-state index contributed by atoms with van der Waals surface area (Å²) in [5.74, 6) is -1.89. The number of ether oxygens (including phenoxy) is 1. The van der Waals surface area contributed by atoms with Crippen LogP contribution in [0.25, 0.3) is 10.2 Å². The molecule has 11 heteroatoms. The van der Waals surface area contributed by atoms with Gasteiger partial charge in [0.1, 0.15) is 12.4 Å². The van der Waals surface area contributed by atoms with Crippen LogP contribution in [-0.2, 0) is 26.1 Å². The molecule has 0 saturated heterocycles. The quantitative estimate of drug-likeness (QED) is 0.636. The van der Waals surface area contributed by atoms with E-state index in [1.165, 1.54) is 48.1 Å². The Labute approximate surface area is 162 Å². The molecule has 0 aliphatic heterocycles. The number of nitrogens with two attached hydrogens (primary N) is 1. The third-order valence-electron chi connectivity index (χ3n) is 3.77. The topological polar surface area (TPSA) is 121 Å². The molecule has 0 saturated carbocycles. The van der Waals surface area contributed by atoms with Gasteiger partial charge in [-0.3, -0.25) is 9.59 Å². The van der Waals surface area contributed by atoms with E-state index in [4.69, 9.17) is 5.14 Å². The first-order chi connectivity index (χ1) is 13.2. The van der Waals surface area contributed by atoms with E-state index < -0.39 is 27.7 Å². The Morgan fingerprint density at radius 2 is 2.00 bits per heavy atom. The Balaban J connectivity index is 2.20. The van der Waals surface area contributed by atoms with Gasteiger partial charge in [-0.05, 0) is 36.4 Å². The maximum atomic E-state index is 13.4. The van der Waals surface area contributed by atoms with Gasteiger partial charge in [-0.25, -0.2) is 17.9 Å². The minimum absolute atomic E-state index is 0.0345. The first-order valence-corrected chi connectivity index (χ1v) is 10.1. The number of sulfonamides is 1. The van der Waals surface area contributed by atoms with Crippen molar-refractivity contribution in [3.05, 3.63) is 58.6 Å². The predicted octanol–water partition coefficient (Wildman–Crippen LogP) is 1.40. The van der Waals surface area contributed by atoms with Crippen LogP contribution in [0.5, 0.6) is 0 Å². The monoisotopic (exact) mass is 423 g/mol. The molecule has 2 N–H and O–H groups in total. The van der Waals surface area contributed by atoms with E-state index in [0.29, 0.717) is 10.2 Å². The van der Waals surface area contributed by atoms with E-state index >= 15 is 0 Å². The lowest BCUT2D eigenvalue weighted by molar-refractivity contribution is -0.141. The zero-order valence-electron chi connectivity index (χ0n) is 14.5. The Morgan fingerprint density at radius 3 is 2.64 bits per heavy atom. The Morgan fingerprint density at radius 1 is 1.25 bits per heavy atom. The average molecular weight is 423 g/mol. The summed E-state index contributed by atoms with van der Waals surface area (Å²) in [6.07, 6.45) is 0. The first-order valence-electron chi connectivity index (χ1n) is 7.76. The number of benzene rings is 2. The lowest BCUT2D eigenvalue weighted by atomic mass is 10.2. The van der Waals surface area contributed by atoms with Crippen LogP contribution in [0.15, 0.2) is 52.4 Å². The van der Waals surface area contributed by atoms with Crippen molar-refractivity contribution in [1.82, 2.24) is 4.57 Å². The van der Waals surface area contributed by atoms with Gasteiger partial charge in [0.05, 0.1) is 22.2 Å². The van der Waals surface area contributed by atoms with Gasteiger partial charge in [0, 0.05) is 5.56 Å². The van der Waals surface area contributed by atoms with Gasteiger partial charge in [-0.1, -0.05) is 17.4 Å². The number of carbonyl (C=O) groups is 2. The Kier molecular flexibility index (Phi) is 5.40. The number of amides is 1. The molecule has 3 aromatic rings. The van der Waals surface area contributed by atoms with Crippen LogP contribution in [-0.4, -0.2) is 32.0 Å². The van der Waals surface area contributed by atoms with Gasteiger partial charge < -0.3 is 9.30 Å². The van der Waals surface area contributed by atoms with Gasteiger partial charge in [0.25, 0.3) is 5.91 Å². The molecular formula is C17H14FN3O5S2. The molecule has 0 radical (unpaired) electrons. The highest BCUT2D eigenvalue weighted by molar-refractivity contribution is 7.89. The van der Waals surface area contributed by atoms with Crippen molar-refractivity contribution in [3.8, 4) is 0 Å². The normalized spacial score (nSPS) is 12.3. The van der Waals surface area contributed by atoms with Crippen LogP contribution >= 0.6 is 11.3 Å². The van der Waals surface area contributed by atoms with Gasteiger partial charge >= 0.3 is 5.97 Å². The molecule has 0 atom stereocenters. The number of carbonyl (C=O) groups excluding carboxylic acids is 2. The summed E-state index contributed by atoms with van der Waals surface area (Å²) in [5, 5.41) is 5.15. The number of fused-ring (bicyclic) bond motifs is 1. The van der Waals surface area contributed by atoms with E-state index in [1.54, 1.807) is 0 Å². The standard InChI is InChI=1S/C17H14FN3O5S2/c1-26-15(22)9-21-13-6-5-12(28(19,24)25)8-14(13)27-17(21)20-16(23)10-3-2-4-11(18)7-10/h2-8H,9H2,1H3,(H2,19,24,25). The van der Waals surface area contributed by atoms with Crippen molar-refractivity contribution in [2.24, 2.45) is 10.1 Å². The lowest BCUT2D eigenvalue weighted by Gasteiger charge is -2.04. The molecule has 1 amide bonds. The molecule has 0 fully saturated rings. The number of hydrogen-bond acceptors (Lipinski definition) is 6. The van der Waals surface area contributed by atoms with Crippen molar-refractivity contribution in [3.63, 3.8) is 0 Å². The van der Waals surface area contributed by atoms with Gasteiger partial charge in [-0.2, -0.15) is 4.99 Å². The summed E-state index contributed by atoms with van der Waals surface area (Å²) < 4.78 is 43.0. The van der Waals surface area contributed by atoms with Crippen molar-refractivity contribution < 1.29 is 27.1 Å². The van der Waals surface area contributed by atoms with Gasteiger partial charge in [-0.15, -0.1) is 0 Å². The molecular weight excluding hydrogens is 409 g/mol. The summed E-state index contributed by atoms with van der Waals surface area (Å²) in [5.41, 5.74) is 0.501. The Bertz CT molecular complexity index is 1260. The molecule has 1 aromatic heterocycles. The fourth-order valence-electron chi connectivity index (χ4n) is 2.44. The van der Waals surface area contributed by atoms with Gasteiger partial charge in [0.2, 0.25) is 10.0 Å². The highest BCUT2D eigenvalue weighted by Gasteiger charge is 2.15. The predicted molar refractivity (Wildman–Crippen MR) is 99.5 cm³/mol. The number of methoxy groups -OCH3 is 1. The van der Waals surface area contributed by atoms with Crippen LogP contribution in [0.1, 0.15) is 10.4 Å². The molecule has 0 unspecified atom stereocenters. The summed E-state index contributed by atoms with van der Waals surface area (Å²) in [7, 11) is -2.72. The number of esters is 1. The highest BCUT2D eigenvalue weighted by atomic mass is 32.2. The zero-order valence-corrected chi connectivity index (χ0v) is 16.1. The second kappa shape index (κ2) is 7.62. The molecule has 1 heterocycles. The number of thiazole rings is 1. The lowest BCUT2D eigenvalue weighted by Crippen LogP contribution is -2.22. The highest BCUT2D eigenvalue weighted by Crippen LogP contribution is 2.21. The summed E-state index contributed by atoms with van der Waals surface area (Å²) in [4.78, 5) is 28.2. The fourth-order valence-corrected chi connectivity index (χ4v) is 4.12. The second-order valence-electron chi connectivity index (χ2n) is 5.65. The maximum Gasteiger partial charge on any atom is 0.325 e. The van der Waals surface area contributed by atoms with Gasteiger partial charge in [0.15, 0.2) is 4.80 Å². The summed E-state index contributed by atoms with van der Waals surface area (Å²) >= 11 is 0.988. The molecule has 28 heavy (non-hydrogen) atoms. The van der Waals surface area contributed by atoms with Crippen LogP contribution in [0, 0.1) is 5.82 Å². The average Bonchev–Trinajstić information content (AvgIpc) is 2.97.